The molecule has 1 rings (SSSR count). The third kappa shape index (κ3) is 5.31. The van der Waals surface area contributed by atoms with Gasteiger partial charge in [0.15, 0.2) is 0 Å². The van der Waals surface area contributed by atoms with Crippen LogP contribution in [-0.2, 0) is 17.6 Å². The third-order valence-corrected chi connectivity index (χ3v) is 3.36. The number of hydrogen-bond acceptors (Lipinski definition) is 4. The fourth-order valence-electron chi connectivity index (χ4n) is 2.37. The van der Waals surface area contributed by atoms with Crippen LogP contribution in [0.2, 0.25) is 0 Å². The van der Waals surface area contributed by atoms with Crippen molar-refractivity contribution in [3.05, 3.63) is 35.9 Å². The van der Waals surface area contributed by atoms with Crippen molar-refractivity contribution in [1.82, 2.24) is 0 Å². The largest absolute Gasteiger partial charge is 0.496 e. The van der Waals surface area contributed by atoms with Crippen LogP contribution in [0.15, 0.2) is 24.8 Å². The molecule has 0 aliphatic rings. The van der Waals surface area contributed by atoms with Gasteiger partial charge in [-0.1, -0.05) is 6.08 Å². The second kappa shape index (κ2) is 8.97. The molecule has 1 aromatic carbocycles. The van der Waals surface area contributed by atoms with Gasteiger partial charge in [0.05, 0.1) is 14.2 Å². The first-order valence-corrected chi connectivity index (χ1v) is 7.32. The lowest BCUT2D eigenvalue weighted by Gasteiger charge is -2.17. The Kier molecular flexibility index (Phi) is 7.29. The summed E-state index contributed by atoms with van der Waals surface area (Å²) in [5.74, 6) is 1.57. The number of primary amides is 1. The van der Waals surface area contributed by atoms with E-state index in [1.54, 1.807) is 21.1 Å². The highest BCUT2D eigenvalue weighted by molar-refractivity contribution is 5.64. The van der Waals surface area contributed by atoms with Crippen LogP contribution in [0.25, 0.3) is 0 Å². The molecule has 2 N–H and O–H groups in total. The maximum Gasteiger partial charge on any atom is 0.404 e. The van der Waals surface area contributed by atoms with Crippen LogP contribution in [0.1, 0.15) is 30.9 Å². The number of hydrogen-bond donors (Lipinski definition) is 1. The number of unbranched alkanes of at least 4 members (excludes halogenated alkanes) is 1. The smallest absolute Gasteiger partial charge is 0.404 e. The minimum absolute atomic E-state index is 0.331. The van der Waals surface area contributed by atoms with Crippen LogP contribution >= 0.6 is 0 Å². The van der Waals surface area contributed by atoms with E-state index in [9.17, 15) is 4.79 Å². The summed E-state index contributed by atoms with van der Waals surface area (Å²) >= 11 is 0. The van der Waals surface area contributed by atoms with E-state index in [2.05, 4.69) is 6.58 Å². The number of methoxy groups -OCH3 is 2. The number of allylic oxidation sites excluding steroid dienone is 1. The summed E-state index contributed by atoms with van der Waals surface area (Å²) in [6, 6.07) is 3.91. The Morgan fingerprint density at radius 2 is 1.86 bits per heavy atom. The van der Waals surface area contributed by atoms with Gasteiger partial charge in [0.1, 0.15) is 17.6 Å². The van der Waals surface area contributed by atoms with Crippen LogP contribution in [0.3, 0.4) is 0 Å². The van der Waals surface area contributed by atoms with Crippen molar-refractivity contribution in [3.8, 4) is 11.5 Å². The lowest BCUT2D eigenvalue weighted by Crippen LogP contribution is -2.22. The zero-order chi connectivity index (χ0) is 16.5. The number of carbonyl (C=O) groups is 1. The first kappa shape index (κ1) is 17.9. The van der Waals surface area contributed by atoms with Gasteiger partial charge in [-0.2, -0.15) is 0 Å². The molecule has 1 atom stereocenters. The standard InChI is InChI=1S/C17H25NO4/c1-5-6-7-8-13-10-16(21-4)14(11-15(13)20-3)9-12(2)22-17(18)19/h5,10-12H,1,6-9H2,2-4H3,(H2,18,19). The van der Waals surface area contributed by atoms with Gasteiger partial charge in [-0.3, -0.25) is 0 Å². The highest BCUT2D eigenvalue weighted by Crippen LogP contribution is 2.31. The van der Waals surface area contributed by atoms with E-state index in [1.165, 1.54) is 0 Å². The maximum absolute atomic E-state index is 10.8. The zero-order valence-corrected chi connectivity index (χ0v) is 13.6. The molecule has 0 saturated heterocycles. The molecule has 0 aromatic heterocycles. The molecule has 0 bridgehead atoms. The number of amides is 1. The molecular formula is C17H25NO4. The molecule has 122 valence electrons. The van der Waals surface area contributed by atoms with Crippen LogP contribution in [0.5, 0.6) is 11.5 Å². The van der Waals surface area contributed by atoms with Crippen molar-refractivity contribution in [2.45, 2.75) is 38.7 Å². The summed E-state index contributed by atoms with van der Waals surface area (Å²) in [7, 11) is 3.27. The van der Waals surface area contributed by atoms with E-state index in [-0.39, 0.29) is 6.10 Å². The van der Waals surface area contributed by atoms with Gasteiger partial charge < -0.3 is 19.9 Å². The van der Waals surface area contributed by atoms with Crippen LogP contribution < -0.4 is 15.2 Å². The van der Waals surface area contributed by atoms with Gasteiger partial charge in [-0.05, 0) is 43.9 Å². The summed E-state index contributed by atoms with van der Waals surface area (Å²) in [5, 5.41) is 0. The zero-order valence-electron chi connectivity index (χ0n) is 13.6. The Labute approximate surface area is 132 Å². The van der Waals surface area contributed by atoms with Crippen LogP contribution in [0.4, 0.5) is 4.79 Å². The molecular weight excluding hydrogens is 282 g/mol. The minimum atomic E-state index is -0.778. The molecule has 0 radical (unpaired) electrons. The minimum Gasteiger partial charge on any atom is -0.496 e. The number of benzene rings is 1. The average Bonchev–Trinajstić information content (AvgIpc) is 2.47. The molecule has 0 spiro atoms. The Bertz CT molecular complexity index is 514. The summed E-state index contributed by atoms with van der Waals surface area (Å²) in [6.45, 7) is 5.52. The first-order valence-electron chi connectivity index (χ1n) is 7.32. The number of aryl methyl sites for hydroxylation is 1. The fraction of sp³-hybridized carbons (Fsp3) is 0.471. The number of ether oxygens (including phenoxy) is 3. The summed E-state index contributed by atoms with van der Waals surface area (Å²) < 4.78 is 15.9. The summed E-state index contributed by atoms with van der Waals surface area (Å²) in [4.78, 5) is 10.8. The lowest BCUT2D eigenvalue weighted by molar-refractivity contribution is 0.116. The number of nitrogens with two attached hydrogens (primary N) is 1. The Hall–Kier alpha value is -2.17. The van der Waals surface area contributed by atoms with Crippen molar-refractivity contribution in [1.29, 1.82) is 0 Å². The van der Waals surface area contributed by atoms with E-state index >= 15 is 0 Å². The predicted molar refractivity (Wildman–Crippen MR) is 86.5 cm³/mol. The Morgan fingerprint density at radius 1 is 1.27 bits per heavy atom. The molecule has 22 heavy (non-hydrogen) atoms. The van der Waals surface area contributed by atoms with Gasteiger partial charge in [-0.15, -0.1) is 6.58 Å². The van der Waals surface area contributed by atoms with E-state index in [0.29, 0.717) is 6.42 Å². The van der Waals surface area contributed by atoms with Crippen molar-refractivity contribution in [2.24, 2.45) is 5.73 Å². The van der Waals surface area contributed by atoms with Gasteiger partial charge in [0, 0.05) is 12.0 Å². The fourth-order valence-corrected chi connectivity index (χ4v) is 2.37. The molecule has 5 heteroatoms. The van der Waals surface area contributed by atoms with E-state index in [1.807, 2.05) is 18.2 Å². The monoisotopic (exact) mass is 307 g/mol. The maximum atomic E-state index is 10.8. The molecule has 0 aliphatic heterocycles. The van der Waals surface area contributed by atoms with E-state index in [4.69, 9.17) is 19.9 Å². The van der Waals surface area contributed by atoms with Crippen LogP contribution in [0, 0.1) is 0 Å². The lowest BCUT2D eigenvalue weighted by atomic mass is 10.0. The van der Waals surface area contributed by atoms with Crippen molar-refractivity contribution in [2.75, 3.05) is 14.2 Å². The van der Waals surface area contributed by atoms with Crippen molar-refractivity contribution in [3.63, 3.8) is 0 Å². The molecule has 5 nitrogen and oxygen atoms in total. The molecule has 0 aliphatic carbocycles. The molecule has 0 saturated carbocycles. The second-order valence-electron chi connectivity index (χ2n) is 5.11. The predicted octanol–water partition coefficient (Wildman–Crippen LogP) is 3.24. The molecule has 1 unspecified atom stereocenters. The van der Waals surface area contributed by atoms with Gasteiger partial charge in [-0.25, -0.2) is 4.79 Å². The van der Waals surface area contributed by atoms with Gasteiger partial charge in [0.2, 0.25) is 0 Å². The molecule has 0 heterocycles. The molecule has 1 amide bonds. The highest BCUT2D eigenvalue weighted by Gasteiger charge is 2.15. The van der Waals surface area contributed by atoms with Crippen molar-refractivity contribution >= 4 is 6.09 Å². The summed E-state index contributed by atoms with van der Waals surface area (Å²) in [5.41, 5.74) is 7.05. The van der Waals surface area contributed by atoms with E-state index in [0.717, 1.165) is 41.9 Å². The van der Waals surface area contributed by atoms with Crippen molar-refractivity contribution < 1.29 is 19.0 Å². The topological polar surface area (TPSA) is 70.8 Å². The second-order valence-corrected chi connectivity index (χ2v) is 5.11. The van der Waals surface area contributed by atoms with E-state index < -0.39 is 6.09 Å². The normalized spacial score (nSPS) is 11.6. The van der Waals surface area contributed by atoms with Gasteiger partial charge in [0.25, 0.3) is 0 Å². The SMILES string of the molecule is C=CCCCc1cc(OC)c(CC(C)OC(N)=O)cc1OC. The number of carbonyl (C=O) groups excluding carboxylic acids is 1. The number of rotatable bonds is 9. The highest BCUT2D eigenvalue weighted by atomic mass is 16.6. The molecule has 0 fully saturated rings. The summed E-state index contributed by atoms with van der Waals surface area (Å²) in [6.07, 6.45) is 4.15. The first-order chi connectivity index (χ1) is 10.5. The average molecular weight is 307 g/mol. The van der Waals surface area contributed by atoms with Gasteiger partial charge >= 0.3 is 6.09 Å². The Morgan fingerprint density at radius 3 is 2.41 bits per heavy atom. The Balaban J connectivity index is 2.97. The van der Waals surface area contributed by atoms with Crippen LogP contribution in [-0.4, -0.2) is 26.4 Å². The quantitative estimate of drug-likeness (QED) is 0.561. The molecule has 1 aromatic rings. The third-order valence-electron chi connectivity index (χ3n) is 3.36.